The van der Waals surface area contributed by atoms with E-state index in [0.717, 1.165) is 26.7 Å². The molecule has 0 fully saturated rings. The maximum absolute atomic E-state index is 10.7. The van der Waals surface area contributed by atoms with Crippen LogP contribution in [0.1, 0.15) is 22.3 Å². The van der Waals surface area contributed by atoms with Gasteiger partial charge in [-0.3, -0.25) is 0 Å². The Balaban J connectivity index is 1.77. The van der Waals surface area contributed by atoms with Crippen molar-refractivity contribution in [3.8, 4) is 11.5 Å². The van der Waals surface area contributed by atoms with Crippen LogP contribution >= 0.6 is 15.9 Å². The number of carboxylic acid groups (broad SMARTS) is 1. The van der Waals surface area contributed by atoms with Crippen LogP contribution in [0.25, 0.3) is 5.57 Å². The summed E-state index contributed by atoms with van der Waals surface area (Å²) >= 11 is 3.49. The Morgan fingerprint density at radius 1 is 0.933 bits per heavy atom. The number of hydrogen-bond acceptors (Lipinski definition) is 3. The van der Waals surface area contributed by atoms with Crippen LogP contribution in [-0.2, 0) is 4.79 Å². The first-order valence-electron chi connectivity index (χ1n) is 9.53. The fourth-order valence-corrected chi connectivity index (χ4v) is 3.26. The van der Waals surface area contributed by atoms with Crippen LogP contribution in [-0.4, -0.2) is 24.3 Å². The predicted molar refractivity (Wildman–Crippen MR) is 122 cm³/mol. The first-order valence-corrected chi connectivity index (χ1v) is 10.3. The molecule has 0 aliphatic heterocycles. The maximum Gasteiger partial charge on any atom is 0.341 e. The highest BCUT2D eigenvalue weighted by Gasteiger charge is 2.07. The SMILES string of the molecule is Cc1ccc(/C(=C/COc2ccc(OCC(=O)O)c(C)c2)c2ccc(Br)cc2)cc1. The van der Waals surface area contributed by atoms with Gasteiger partial charge in [0.25, 0.3) is 0 Å². The Labute approximate surface area is 184 Å². The molecule has 0 radical (unpaired) electrons. The van der Waals surface area contributed by atoms with Crippen molar-refractivity contribution in [2.45, 2.75) is 13.8 Å². The summed E-state index contributed by atoms with van der Waals surface area (Å²) in [5, 5.41) is 8.75. The largest absolute Gasteiger partial charge is 0.489 e. The van der Waals surface area contributed by atoms with Gasteiger partial charge >= 0.3 is 5.97 Å². The van der Waals surface area contributed by atoms with E-state index in [1.165, 1.54) is 5.56 Å². The van der Waals surface area contributed by atoms with Crippen molar-refractivity contribution < 1.29 is 19.4 Å². The van der Waals surface area contributed by atoms with Gasteiger partial charge in [-0.05, 0) is 72.5 Å². The maximum atomic E-state index is 10.7. The quantitative estimate of drug-likeness (QED) is 0.439. The highest BCUT2D eigenvalue weighted by Crippen LogP contribution is 2.27. The third-order valence-electron chi connectivity index (χ3n) is 4.55. The van der Waals surface area contributed by atoms with E-state index >= 15 is 0 Å². The van der Waals surface area contributed by atoms with E-state index in [1.807, 2.05) is 25.1 Å². The van der Waals surface area contributed by atoms with Gasteiger partial charge in [-0.15, -0.1) is 0 Å². The van der Waals surface area contributed by atoms with E-state index in [0.29, 0.717) is 18.1 Å². The molecule has 0 aromatic heterocycles. The highest BCUT2D eigenvalue weighted by atomic mass is 79.9. The summed E-state index contributed by atoms with van der Waals surface area (Å²) in [7, 11) is 0. The number of aryl methyl sites for hydroxylation is 2. The van der Waals surface area contributed by atoms with Crippen molar-refractivity contribution >= 4 is 27.5 Å². The topological polar surface area (TPSA) is 55.8 Å². The van der Waals surface area contributed by atoms with E-state index in [9.17, 15) is 4.79 Å². The summed E-state index contributed by atoms with van der Waals surface area (Å²) in [5.41, 5.74) is 5.37. The lowest BCUT2D eigenvalue weighted by Crippen LogP contribution is -2.10. The van der Waals surface area contributed by atoms with Crippen molar-refractivity contribution in [1.29, 1.82) is 0 Å². The second kappa shape index (κ2) is 10.1. The van der Waals surface area contributed by atoms with Gasteiger partial charge in [-0.2, -0.15) is 0 Å². The van der Waals surface area contributed by atoms with Gasteiger partial charge in [0.05, 0.1) is 0 Å². The number of rotatable bonds is 8. The zero-order chi connectivity index (χ0) is 21.5. The van der Waals surface area contributed by atoms with Crippen molar-refractivity contribution in [2.24, 2.45) is 0 Å². The van der Waals surface area contributed by atoms with Crippen LogP contribution in [0.3, 0.4) is 0 Å². The van der Waals surface area contributed by atoms with E-state index in [4.69, 9.17) is 14.6 Å². The first kappa shape index (κ1) is 21.7. The standard InChI is InChI=1S/C25H23BrO4/c1-17-3-5-19(6-4-17)23(20-7-9-21(26)10-8-20)13-14-29-22-11-12-24(18(2)15-22)30-16-25(27)28/h3-13,15H,14,16H2,1-2H3,(H,27,28)/b23-13-. The second-order valence-corrected chi connectivity index (χ2v) is 7.83. The molecule has 0 amide bonds. The summed E-state index contributed by atoms with van der Waals surface area (Å²) in [6.45, 7) is 3.96. The summed E-state index contributed by atoms with van der Waals surface area (Å²) in [6, 6.07) is 22.0. The summed E-state index contributed by atoms with van der Waals surface area (Å²) in [5.74, 6) is 0.234. The number of ether oxygens (including phenoxy) is 2. The first-order chi connectivity index (χ1) is 14.4. The van der Waals surface area contributed by atoms with Crippen molar-refractivity contribution in [3.63, 3.8) is 0 Å². The summed E-state index contributed by atoms with van der Waals surface area (Å²) < 4.78 is 12.2. The van der Waals surface area contributed by atoms with Crippen LogP contribution in [0.5, 0.6) is 11.5 Å². The lowest BCUT2D eigenvalue weighted by molar-refractivity contribution is -0.139. The zero-order valence-corrected chi connectivity index (χ0v) is 18.5. The third-order valence-corrected chi connectivity index (χ3v) is 5.08. The Morgan fingerprint density at radius 3 is 2.17 bits per heavy atom. The average molecular weight is 467 g/mol. The average Bonchev–Trinajstić information content (AvgIpc) is 2.72. The molecule has 0 unspecified atom stereocenters. The molecule has 0 heterocycles. The predicted octanol–water partition coefficient (Wildman–Crippen LogP) is 6.04. The number of halogens is 1. The molecule has 0 atom stereocenters. The van der Waals surface area contributed by atoms with Crippen LogP contribution in [0, 0.1) is 13.8 Å². The molecule has 3 aromatic carbocycles. The van der Waals surface area contributed by atoms with Crippen molar-refractivity contribution in [2.75, 3.05) is 13.2 Å². The van der Waals surface area contributed by atoms with Crippen LogP contribution < -0.4 is 9.47 Å². The third kappa shape index (κ3) is 5.97. The van der Waals surface area contributed by atoms with E-state index < -0.39 is 5.97 Å². The Hall–Kier alpha value is -3.05. The molecule has 4 nitrogen and oxygen atoms in total. The van der Waals surface area contributed by atoms with Crippen LogP contribution in [0.2, 0.25) is 0 Å². The number of benzene rings is 3. The fourth-order valence-electron chi connectivity index (χ4n) is 3.00. The zero-order valence-electron chi connectivity index (χ0n) is 16.9. The molecule has 0 aliphatic rings. The number of aliphatic carboxylic acids is 1. The molecular formula is C25H23BrO4. The molecule has 0 saturated heterocycles. The number of carbonyl (C=O) groups is 1. The molecule has 3 aromatic rings. The van der Waals surface area contributed by atoms with Gasteiger partial charge in [0.15, 0.2) is 6.61 Å². The van der Waals surface area contributed by atoms with Gasteiger partial charge in [0.2, 0.25) is 0 Å². The Kier molecular flexibility index (Phi) is 7.31. The van der Waals surface area contributed by atoms with Crippen LogP contribution in [0.4, 0.5) is 0 Å². The van der Waals surface area contributed by atoms with Gasteiger partial charge in [0.1, 0.15) is 18.1 Å². The van der Waals surface area contributed by atoms with Crippen LogP contribution in [0.15, 0.2) is 77.3 Å². The van der Waals surface area contributed by atoms with Crippen molar-refractivity contribution in [1.82, 2.24) is 0 Å². The molecule has 0 saturated carbocycles. The lowest BCUT2D eigenvalue weighted by atomic mass is 9.97. The van der Waals surface area contributed by atoms with Crippen molar-refractivity contribution in [3.05, 3.63) is 99.5 Å². The highest BCUT2D eigenvalue weighted by molar-refractivity contribution is 9.10. The minimum atomic E-state index is -1.00. The van der Waals surface area contributed by atoms with Gasteiger partial charge in [-0.1, -0.05) is 57.9 Å². The molecular weight excluding hydrogens is 444 g/mol. The van der Waals surface area contributed by atoms with E-state index in [1.54, 1.807) is 12.1 Å². The smallest absolute Gasteiger partial charge is 0.341 e. The Morgan fingerprint density at radius 2 is 1.57 bits per heavy atom. The molecule has 0 aliphatic carbocycles. The van der Waals surface area contributed by atoms with E-state index in [2.05, 4.69) is 65.3 Å². The fraction of sp³-hybridized carbons (Fsp3) is 0.160. The molecule has 3 rings (SSSR count). The molecule has 0 spiro atoms. The number of carboxylic acids is 1. The molecule has 1 N–H and O–H groups in total. The lowest BCUT2D eigenvalue weighted by Gasteiger charge is -2.12. The second-order valence-electron chi connectivity index (χ2n) is 6.91. The molecule has 5 heteroatoms. The minimum Gasteiger partial charge on any atom is -0.489 e. The minimum absolute atomic E-state index is 0.364. The normalized spacial score (nSPS) is 11.2. The van der Waals surface area contributed by atoms with Gasteiger partial charge in [-0.25, -0.2) is 4.79 Å². The van der Waals surface area contributed by atoms with Gasteiger partial charge in [0, 0.05) is 4.47 Å². The summed E-state index contributed by atoms with van der Waals surface area (Å²) in [4.78, 5) is 10.7. The number of hydrogen-bond donors (Lipinski definition) is 1. The summed E-state index contributed by atoms with van der Waals surface area (Å²) in [6.07, 6.45) is 2.07. The Bertz CT molecular complexity index is 990. The van der Waals surface area contributed by atoms with E-state index in [-0.39, 0.29) is 6.61 Å². The monoisotopic (exact) mass is 466 g/mol. The molecule has 154 valence electrons. The molecule has 30 heavy (non-hydrogen) atoms. The molecule has 0 bridgehead atoms. The van der Waals surface area contributed by atoms with Gasteiger partial charge < -0.3 is 14.6 Å².